The minimum atomic E-state index is -1.50. The van der Waals surface area contributed by atoms with Crippen molar-refractivity contribution in [1.29, 1.82) is 0 Å². The number of hydrogen-bond acceptors (Lipinski definition) is 5. The molecule has 1 heterocycles. The van der Waals surface area contributed by atoms with Gasteiger partial charge in [0.05, 0.1) is 11.1 Å². The summed E-state index contributed by atoms with van der Waals surface area (Å²) in [5, 5.41) is 32.0. The minimum absolute atomic E-state index is 0.336. The Morgan fingerprint density at radius 1 is 1.47 bits per heavy atom. The highest BCUT2D eigenvalue weighted by atomic mass is 19.1. The van der Waals surface area contributed by atoms with E-state index in [0.717, 1.165) is 29.1 Å². The fraction of sp³-hybridized carbons (Fsp3) is 0. The number of nitro benzene ring substituents is 1. The number of hydrogen-bond donors (Lipinski definition) is 2. The van der Waals surface area contributed by atoms with Gasteiger partial charge in [0, 0.05) is 12.1 Å². The van der Waals surface area contributed by atoms with E-state index in [4.69, 9.17) is 5.11 Å². The molecule has 0 aliphatic carbocycles. The van der Waals surface area contributed by atoms with E-state index in [2.05, 4.69) is 5.10 Å². The second-order valence-corrected chi connectivity index (χ2v) is 3.51. The molecule has 19 heavy (non-hydrogen) atoms. The van der Waals surface area contributed by atoms with Crippen LogP contribution in [0.3, 0.4) is 0 Å². The molecule has 0 aliphatic heterocycles. The van der Waals surface area contributed by atoms with Gasteiger partial charge >= 0.3 is 5.97 Å². The third-order valence-corrected chi connectivity index (χ3v) is 2.28. The topological polar surface area (TPSA) is 118 Å². The van der Waals surface area contributed by atoms with Crippen LogP contribution >= 0.6 is 0 Å². The molecular weight excluding hydrogens is 261 g/mol. The third kappa shape index (κ3) is 2.20. The zero-order valence-electron chi connectivity index (χ0n) is 9.15. The van der Waals surface area contributed by atoms with E-state index in [9.17, 15) is 24.4 Å². The van der Waals surface area contributed by atoms with Crippen molar-refractivity contribution in [3.8, 4) is 11.4 Å². The van der Waals surface area contributed by atoms with E-state index < -0.39 is 28.2 Å². The lowest BCUT2D eigenvalue weighted by molar-refractivity contribution is -0.384. The van der Waals surface area contributed by atoms with Crippen molar-refractivity contribution in [1.82, 2.24) is 9.78 Å². The zero-order valence-corrected chi connectivity index (χ0v) is 9.15. The summed E-state index contributed by atoms with van der Waals surface area (Å²) >= 11 is 0. The zero-order chi connectivity index (χ0) is 14.2. The average molecular weight is 267 g/mol. The number of halogens is 1. The first kappa shape index (κ1) is 12.5. The van der Waals surface area contributed by atoms with Gasteiger partial charge in [-0.3, -0.25) is 10.1 Å². The summed E-state index contributed by atoms with van der Waals surface area (Å²) in [6.07, 6.45) is 0.853. The second-order valence-electron chi connectivity index (χ2n) is 3.51. The van der Waals surface area contributed by atoms with Crippen LogP contribution in [-0.2, 0) is 0 Å². The van der Waals surface area contributed by atoms with Crippen LogP contribution in [-0.4, -0.2) is 30.9 Å². The number of nitro groups is 1. The molecule has 2 aromatic rings. The summed E-state index contributed by atoms with van der Waals surface area (Å²) in [5.74, 6) is -3.01. The Morgan fingerprint density at radius 3 is 2.68 bits per heavy atom. The number of benzene rings is 1. The Kier molecular flexibility index (Phi) is 2.87. The predicted octanol–water partition coefficient (Wildman–Crippen LogP) is 1.32. The van der Waals surface area contributed by atoms with Crippen LogP contribution in [0.1, 0.15) is 10.5 Å². The Balaban J connectivity index is 2.58. The van der Waals surface area contributed by atoms with Crippen LogP contribution in [0.2, 0.25) is 0 Å². The first-order valence-electron chi connectivity index (χ1n) is 4.86. The molecule has 0 aliphatic rings. The van der Waals surface area contributed by atoms with E-state index >= 15 is 0 Å². The van der Waals surface area contributed by atoms with Gasteiger partial charge < -0.3 is 10.2 Å². The monoisotopic (exact) mass is 267 g/mol. The van der Waals surface area contributed by atoms with Crippen molar-refractivity contribution >= 4 is 11.7 Å². The quantitative estimate of drug-likeness (QED) is 0.639. The molecule has 2 N–H and O–H groups in total. The van der Waals surface area contributed by atoms with Crippen LogP contribution in [0.5, 0.6) is 5.75 Å². The molecule has 1 aromatic carbocycles. The summed E-state index contributed by atoms with van der Waals surface area (Å²) in [6, 6.07) is 2.69. The Bertz CT molecular complexity index is 682. The van der Waals surface area contributed by atoms with E-state index in [1.807, 2.05) is 0 Å². The molecule has 0 atom stereocenters. The first-order valence-corrected chi connectivity index (χ1v) is 4.86. The van der Waals surface area contributed by atoms with Gasteiger partial charge in [-0.05, 0) is 6.07 Å². The fourth-order valence-corrected chi connectivity index (χ4v) is 1.43. The molecule has 2 rings (SSSR count). The number of aromatic nitrogens is 2. The van der Waals surface area contributed by atoms with Gasteiger partial charge in [-0.25, -0.2) is 13.9 Å². The van der Waals surface area contributed by atoms with E-state index in [1.54, 1.807) is 0 Å². The number of carbonyl (C=O) groups is 1. The highest BCUT2D eigenvalue weighted by Crippen LogP contribution is 2.23. The van der Waals surface area contributed by atoms with Gasteiger partial charge in [-0.15, -0.1) is 0 Å². The fourth-order valence-electron chi connectivity index (χ4n) is 1.43. The van der Waals surface area contributed by atoms with Crippen molar-refractivity contribution in [3.05, 3.63) is 46.0 Å². The minimum Gasteiger partial charge on any atom is -0.504 e. The van der Waals surface area contributed by atoms with E-state index in [0.29, 0.717) is 0 Å². The molecule has 0 unspecified atom stereocenters. The van der Waals surface area contributed by atoms with Gasteiger partial charge in [0.25, 0.3) is 5.69 Å². The molecule has 0 saturated heterocycles. The maximum absolute atomic E-state index is 13.5. The number of aromatic hydroxyl groups is 1. The van der Waals surface area contributed by atoms with Crippen molar-refractivity contribution in [3.63, 3.8) is 0 Å². The summed E-state index contributed by atoms with van der Waals surface area (Å²) in [5.41, 5.74) is -1.40. The number of rotatable bonds is 3. The SMILES string of the molecule is O=C(O)c1nn(-c2cc([N+](=O)[O-])ccc2F)cc1O. The normalized spacial score (nSPS) is 10.4. The second kappa shape index (κ2) is 4.37. The standard InChI is InChI=1S/C10H6FN3O5/c11-6-2-1-5(14(18)19)3-7(6)13-4-8(15)9(12-13)10(16)17/h1-4,15H,(H,16,17). The van der Waals surface area contributed by atoms with Crippen LogP contribution in [0.25, 0.3) is 5.69 Å². The molecule has 0 radical (unpaired) electrons. The van der Waals surface area contributed by atoms with Gasteiger partial charge in [0.2, 0.25) is 5.69 Å². The lowest BCUT2D eigenvalue weighted by atomic mass is 10.2. The molecule has 0 amide bonds. The Labute approximate surface area is 104 Å². The van der Waals surface area contributed by atoms with Crippen molar-refractivity contribution in [2.45, 2.75) is 0 Å². The number of nitrogens with zero attached hydrogens (tertiary/aromatic N) is 3. The summed E-state index contributed by atoms with van der Waals surface area (Å²) < 4.78 is 14.3. The predicted molar refractivity (Wildman–Crippen MR) is 58.8 cm³/mol. The average Bonchev–Trinajstić information content (AvgIpc) is 2.71. The van der Waals surface area contributed by atoms with Crippen LogP contribution < -0.4 is 0 Å². The van der Waals surface area contributed by atoms with Crippen molar-refractivity contribution in [2.24, 2.45) is 0 Å². The molecule has 0 spiro atoms. The summed E-state index contributed by atoms with van der Waals surface area (Å²) in [4.78, 5) is 20.5. The van der Waals surface area contributed by atoms with Crippen LogP contribution in [0, 0.1) is 15.9 Å². The van der Waals surface area contributed by atoms with E-state index in [1.165, 1.54) is 0 Å². The number of aromatic carboxylic acids is 1. The number of carboxylic acids is 1. The maximum Gasteiger partial charge on any atom is 0.360 e. The summed E-state index contributed by atoms with van der Waals surface area (Å²) in [6.45, 7) is 0. The van der Waals surface area contributed by atoms with E-state index in [-0.39, 0.29) is 11.4 Å². The van der Waals surface area contributed by atoms with Crippen LogP contribution in [0.4, 0.5) is 10.1 Å². The molecule has 98 valence electrons. The number of carboxylic acid groups (broad SMARTS) is 1. The Hall–Kier alpha value is -2.97. The molecule has 0 bridgehead atoms. The van der Waals surface area contributed by atoms with Gasteiger partial charge in [0.1, 0.15) is 11.5 Å². The van der Waals surface area contributed by atoms with Crippen molar-refractivity contribution in [2.75, 3.05) is 0 Å². The lowest BCUT2D eigenvalue weighted by Gasteiger charge is -2.02. The third-order valence-electron chi connectivity index (χ3n) is 2.28. The molecular formula is C10H6FN3O5. The molecule has 9 heteroatoms. The van der Waals surface area contributed by atoms with Gasteiger partial charge in [-0.1, -0.05) is 0 Å². The maximum atomic E-state index is 13.5. The summed E-state index contributed by atoms with van der Waals surface area (Å²) in [7, 11) is 0. The van der Waals surface area contributed by atoms with Crippen LogP contribution in [0.15, 0.2) is 24.4 Å². The smallest absolute Gasteiger partial charge is 0.360 e. The molecule has 8 nitrogen and oxygen atoms in total. The molecule has 0 saturated carbocycles. The Morgan fingerprint density at radius 2 is 2.16 bits per heavy atom. The van der Waals surface area contributed by atoms with Gasteiger partial charge in [0.15, 0.2) is 5.75 Å². The molecule has 1 aromatic heterocycles. The highest BCUT2D eigenvalue weighted by molar-refractivity contribution is 5.88. The number of non-ortho nitro benzene ring substituents is 1. The van der Waals surface area contributed by atoms with Crippen molar-refractivity contribution < 1.29 is 24.3 Å². The molecule has 0 fully saturated rings. The lowest BCUT2D eigenvalue weighted by Crippen LogP contribution is -2.03. The first-order chi connectivity index (χ1) is 8.90. The highest BCUT2D eigenvalue weighted by Gasteiger charge is 2.19. The largest absolute Gasteiger partial charge is 0.504 e. The van der Waals surface area contributed by atoms with Gasteiger partial charge in [-0.2, -0.15) is 5.10 Å².